The number of aromatic amines is 1. The summed E-state index contributed by atoms with van der Waals surface area (Å²) in [5, 5.41) is 1.23. The van der Waals surface area contributed by atoms with Crippen molar-refractivity contribution in [1.29, 1.82) is 0 Å². The summed E-state index contributed by atoms with van der Waals surface area (Å²) in [6.07, 6.45) is 2.16. The Morgan fingerprint density at radius 3 is 2.67 bits per heavy atom. The number of benzene rings is 2. The second-order valence-electron chi connectivity index (χ2n) is 8.00. The van der Waals surface area contributed by atoms with Gasteiger partial charge in [-0.2, -0.15) is 0 Å². The van der Waals surface area contributed by atoms with E-state index in [1.165, 1.54) is 17.0 Å². The molecule has 5 rings (SSSR count). The lowest BCUT2D eigenvalue weighted by Crippen LogP contribution is -2.49. The van der Waals surface area contributed by atoms with Crippen molar-refractivity contribution in [2.75, 3.05) is 20.6 Å². The number of aromatic nitrogens is 1. The standard InChI is InChI=1S/C22H22FN3O/c1-25(2)21(27)26-13-22(10-11-22)18-16-8-3-4-9-17(16)24-19(18)20(26)14-6-5-7-15(23)12-14/h3-9,12,20,24H,10-11,13H2,1-2H3. The smallest absolute Gasteiger partial charge is 0.320 e. The number of amides is 2. The molecule has 1 atom stereocenters. The first-order valence-electron chi connectivity index (χ1n) is 9.35. The molecule has 0 radical (unpaired) electrons. The molecule has 2 heterocycles. The predicted octanol–water partition coefficient (Wildman–Crippen LogP) is 4.43. The molecule has 1 saturated carbocycles. The number of hydrogen-bond acceptors (Lipinski definition) is 1. The summed E-state index contributed by atoms with van der Waals surface area (Å²) in [6.45, 7) is 0.667. The number of carbonyl (C=O) groups is 1. The van der Waals surface area contributed by atoms with Crippen LogP contribution in [0.25, 0.3) is 10.9 Å². The van der Waals surface area contributed by atoms with Crippen LogP contribution in [0.2, 0.25) is 0 Å². The first-order chi connectivity index (χ1) is 13.0. The Bertz CT molecular complexity index is 1050. The van der Waals surface area contributed by atoms with Gasteiger partial charge in [-0.25, -0.2) is 9.18 Å². The SMILES string of the molecule is CN(C)C(=O)N1CC2(CC2)c2c([nH]c3ccccc23)C1c1cccc(F)c1. The van der Waals surface area contributed by atoms with E-state index in [1.807, 2.05) is 17.0 Å². The Hall–Kier alpha value is -2.82. The highest BCUT2D eigenvalue weighted by Gasteiger charge is 2.54. The molecule has 138 valence electrons. The molecule has 1 N–H and O–H groups in total. The highest BCUT2D eigenvalue weighted by molar-refractivity contribution is 5.88. The van der Waals surface area contributed by atoms with Crippen molar-refractivity contribution >= 4 is 16.9 Å². The third-order valence-corrected chi connectivity index (χ3v) is 5.97. The minimum absolute atomic E-state index is 0.0183. The fourth-order valence-corrected chi connectivity index (χ4v) is 4.61. The molecular formula is C22H22FN3O. The van der Waals surface area contributed by atoms with E-state index in [0.29, 0.717) is 6.54 Å². The molecule has 1 spiro atoms. The Morgan fingerprint density at radius 2 is 1.96 bits per heavy atom. The zero-order valence-corrected chi connectivity index (χ0v) is 15.5. The number of urea groups is 1. The number of H-pyrrole nitrogens is 1. The lowest BCUT2D eigenvalue weighted by atomic mass is 9.83. The van der Waals surface area contributed by atoms with Crippen molar-refractivity contribution < 1.29 is 9.18 Å². The summed E-state index contributed by atoms with van der Waals surface area (Å²) in [5.41, 5.74) is 4.24. The fourth-order valence-electron chi connectivity index (χ4n) is 4.61. The Labute approximate surface area is 157 Å². The van der Waals surface area contributed by atoms with Gasteiger partial charge in [0, 0.05) is 42.7 Å². The van der Waals surface area contributed by atoms with Crippen molar-refractivity contribution in [3.05, 3.63) is 71.2 Å². The van der Waals surface area contributed by atoms with Crippen LogP contribution in [0.5, 0.6) is 0 Å². The minimum atomic E-state index is -0.316. The normalized spacial score (nSPS) is 20.0. The van der Waals surface area contributed by atoms with Crippen molar-refractivity contribution in [1.82, 2.24) is 14.8 Å². The molecule has 5 heteroatoms. The maximum atomic E-state index is 14.0. The van der Waals surface area contributed by atoms with Gasteiger partial charge in [0.05, 0.1) is 6.04 Å². The number of para-hydroxylation sites is 1. The summed E-state index contributed by atoms with van der Waals surface area (Å²) in [4.78, 5) is 20.1. The molecule has 1 aliphatic heterocycles. The molecule has 27 heavy (non-hydrogen) atoms. The van der Waals surface area contributed by atoms with Gasteiger partial charge >= 0.3 is 6.03 Å². The van der Waals surface area contributed by atoms with Gasteiger partial charge in [-0.05, 0) is 42.2 Å². The van der Waals surface area contributed by atoms with Crippen LogP contribution in [0.3, 0.4) is 0 Å². The quantitative estimate of drug-likeness (QED) is 0.683. The maximum absolute atomic E-state index is 14.0. The lowest BCUT2D eigenvalue weighted by Gasteiger charge is -2.41. The van der Waals surface area contributed by atoms with Crippen LogP contribution in [-0.2, 0) is 5.41 Å². The van der Waals surface area contributed by atoms with E-state index >= 15 is 0 Å². The topological polar surface area (TPSA) is 39.3 Å². The summed E-state index contributed by atoms with van der Waals surface area (Å²) in [5.74, 6) is -0.283. The molecule has 2 aromatic carbocycles. The highest BCUT2D eigenvalue weighted by atomic mass is 19.1. The van der Waals surface area contributed by atoms with Gasteiger partial charge in [-0.3, -0.25) is 0 Å². The summed E-state index contributed by atoms with van der Waals surface area (Å²) < 4.78 is 14.0. The number of nitrogens with zero attached hydrogens (tertiary/aromatic N) is 2. The Morgan fingerprint density at radius 1 is 1.19 bits per heavy atom. The van der Waals surface area contributed by atoms with Crippen molar-refractivity contribution in [2.24, 2.45) is 0 Å². The second kappa shape index (κ2) is 5.59. The molecule has 1 aromatic heterocycles. The van der Waals surface area contributed by atoms with E-state index in [9.17, 15) is 9.18 Å². The average Bonchev–Trinajstić information content (AvgIpc) is 3.30. The van der Waals surface area contributed by atoms with E-state index in [0.717, 1.165) is 29.6 Å². The zero-order chi connectivity index (χ0) is 18.8. The number of fused-ring (bicyclic) bond motifs is 4. The third-order valence-electron chi connectivity index (χ3n) is 5.97. The van der Waals surface area contributed by atoms with Crippen molar-refractivity contribution in [2.45, 2.75) is 24.3 Å². The van der Waals surface area contributed by atoms with Crippen LogP contribution in [-0.4, -0.2) is 41.5 Å². The van der Waals surface area contributed by atoms with Gasteiger partial charge in [0.2, 0.25) is 0 Å². The van der Waals surface area contributed by atoms with Crippen LogP contribution >= 0.6 is 0 Å². The molecular weight excluding hydrogens is 341 g/mol. The first-order valence-corrected chi connectivity index (χ1v) is 9.35. The van der Waals surface area contributed by atoms with Gasteiger partial charge in [-0.1, -0.05) is 30.3 Å². The molecule has 1 unspecified atom stereocenters. The monoisotopic (exact) mass is 363 g/mol. The van der Waals surface area contributed by atoms with Crippen LogP contribution in [0.15, 0.2) is 48.5 Å². The number of nitrogens with one attached hydrogen (secondary N) is 1. The molecule has 2 amide bonds. The van der Waals surface area contributed by atoms with Crippen molar-refractivity contribution in [3.8, 4) is 0 Å². The number of halogens is 1. The van der Waals surface area contributed by atoms with Crippen LogP contribution in [0.4, 0.5) is 9.18 Å². The Kier molecular flexibility index (Phi) is 3.39. The van der Waals surface area contributed by atoms with Gasteiger partial charge in [0.15, 0.2) is 0 Å². The van der Waals surface area contributed by atoms with E-state index < -0.39 is 0 Å². The number of hydrogen-bond donors (Lipinski definition) is 1. The van der Waals surface area contributed by atoms with E-state index in [-0.39, 0.29) is 23.3 Å². The molecule has 2 aliphatic rings. The van der Waals surface area contributed by atoms with Gasteiger partial charge in [0.1, 0.15) is 5.82 Å². The van der Waals surface area contributed by atoms with Gasteiger partial charge in [0.25, 0.3) is 0 Å². The fraction of sp³-hybridized carbons (Fsp3) is 0.318. The lowest BCUT2D eigenvalue weighted by molar-refractivity contribution is 0.144. The molecule has 0 saturated heterocycles. The summed E-state index contributed by atoms with van der Waals surface area (Å²) >= 11 is 0. The van der Waals surface area contributed by atoms with Gasteiger partial charge in [-0.15, -0.1) is 0 Å². The van der Waals surface area contributed by atoms with Crippen molar-refractivity contribution in [3.63, 3.8) is 0 Å². The number of rotatable bonds is 1. The van der Waals surface area contributed by atoms with Crippen LogP contribution in [0, 0.1) is 5.82 Å². The Balaban J connectivity index is 1.77. The third kappa shape index (κ3) is 2.37. The largest absolute Gasteiger partial charge is 0.356 e. The van der Waals surface area contributed by atoms with E-state index in [2.05, 4.69) is 23.2 Å². The first kappa shape index (κ1) is 16.4. The molecule has 4 nitrogen and oxygen atoms in total. The average molecular weight is 363 g/mol. The molecule has 1 aliphatic carbocycles. The van der Waals surface area contributed by atoms with Gasteiger partial charge < -0.3 is 14.8 Å². The number of carbonyl (C=O) groups excluding carboxylic acids is 1. The minimum Gasteiger partial charge on any atom is -0.356 e. The molecule has 1 fully saturated rings. The summed E-state index contributed by atoms with van der Waals surface area (Å²) in [6, 6.07) is 14.5. The van der Waals surface area contributed by atoms with Crippen LogP contribution in [0.1, 0.15) is 35.7 Å². The van der Waals surface area contributed by atoms with E-state index in [1.54, 1.807) is 31.1 Å². The van der Waals surface area contributed by atoms with E-state index in [4.69, 9.17) is 0 Å². The predicted molar refractivity (Wildman–Crippen MR) is 103 cm³/mol. The zero-order valence-electron chi connectivity index (χ0n) is 15.5. The highest BCUT2D eigenvalue weighted by Crippen LogP contribution is 2.57. The molecule has 3 aromatic rings. The second-order valence-corrected chi connectivity index (χ2v) is 8.00. The molecule has 0 bridgehead atoms. The summed E-state index contributed by atoms with van der Waals surface area (Å²) in [7, 11) is 3.54. The van der Waals surface area contributed by atoms with Crippen LogP contribution < -0.4 is 0 Å². The maximum Gasteiger partial charge on any atom is 0.320 e.